The first kappa shape index (κ1) is 11.0. The Bertz CT molecular complexity index is 25.0. The van der Waals surface area contributed by atoms with Gasteiger partial charge in [0.05, 0.1) is 0 Å². The second-order valence-electron chi connectivity index (χ2n) is 2.44. The van der Waals surface area contributed by atoms with Crippen LogP contribution in [0, 0.1) is 0 Å². The lowest BCUT2D eigenvalue weighted by atomic mass is 10.8. The van der Waals surface area contributed by atoms with Gasteiger partial charge in [-0.2, -0.15) is 0 Å². The van der Waals surface area contributed by atoms with Crippen LogP contribution < -0.4 is 5.32 Å². The minimum Gasteiger partial charge on any atom is -0.320 e. The summed E-state index contributed by atoms with van der Waals surface area (Å²) in [5.74, 6) is 0. The van der Waals surface area contributed by atoms with Crippen molar-refractivity contribution in [2.45, 2.75) is 26.6 Å². The van der Waals surface area contributed by atoms with Crippen LogP contribution >= 0.6 is 0 Å². The highest BCUT2D eigenvalue weighted by Crippen LogP contribution is 1.68. The van der Waals surface area contributed by atoms with Crippen LogP contribution in [0.3, 0.4) is 0 Å². The van der Waals surface area contributed by atoms with Gasteiger partial charge < -0.3 is 5.32 Å². The fraction of sp³-hybridized carbons (Fsp3) is 1.00. The Morgan fingerprint density at radius 1 is 1.25 bits per heavy atom. The number of hydrogen-bond donors (Lipinski definition) is 1. The van der Waals surface area contributed by atoms with Crippen LogP contribution in [-0.4, -0.2) is 22.4 Å². The van der Waals surface area contributed by atoms with Gasteiger partial charge in [0.25, 0.3) is 0 Å². The highest BCUT2D eigenvalue weighted by Gasteiger charge is 1.71. The van der Waals surface area contributed by atoms with E-state index in [0.29, 0.717) is 0 Å². The highest BCUT2D eigenvalue weighted by molar-refractivity contribution is 6.54. The molecule has 0 aromatic carbocycles. The number of hydrogen-bond acceptors (Lipinski definition) is 1. The minimum absolute atomic E-state index is 0.139. The zero-order valence-electron chi connectivity index (χ0n) is 6.78. The van der Waals surface area contributed by atoms with E-state index in [1.54, 1.807) is 0 Å². The maximum Gasteiger partial charge on any atom is 0.0274 e. The maximum atomic E-state index is 2.93. The van der Waals surface area contributed by atoms with E-state index in [0.717, 1.165) is 6.54 Å². The first-order valence-corrected chi connectivity index (χ1v) is 6.76. The summed E-state index contributed by atoms with van der Waals surface area (Å²) >= 11 is 0. The molecule has 0 rings (SSSR count). The summed E-state index contributed by atoms with van der Waals surface area (Å²) in [5.41, 5.74) is 0. The summed E-state index contributed by atoms with van der Waals surface area (Å²) in [6.07, 6.45) is 0. The van der Waals surface area contributed by atoms with Crippen molar-refractivity contribution in [3.8, 4) is 0 Å². The summed E-state index contributed by atoms with van der Waals surface area (Å²) in [6, 6.07) is 0. The molecule has 0 aromatic rings. The lowest BCUT2D eigenvalue weighted by molar-refractivity contribution is 0.864. The van der Waals surface area contributed by atoms with Gasteiger partial charge in [-0.15, -0.1) is 0 Å². The lowest BCUT2D eigenvalue weighted by Crippen LogP contribution is -2.01. The average molecular weight is 133 g/mol. The lowest BCUT2D eigenvalue weighted by Gasteiger charge is -1.76. The van der Waals surface area contributed by atoms with Crippen LogP contribution in [0.4, 0.5) is 0 Å². The monoisotopic (exact) mass is 133 g/mol. The summed E-state index contributed by atoms with van der Waals surface area (Å²) in [4.78, 5) is 0. The van der Waals surface area contributed by atoms with E-state index in [-0.39, 0.29) is 8.80 Å². The van der Waals surface area contributed by atoms with Gasteiger partial charge in [-0.1, -0.05) is 26.6 Å². The summed E-state index contributed by atoms with van der Waals surface area (Å²) in [6.45, 7) is 10.1. The molecule has 0 saturated carbocycles. The van der Waals surface area contributed by atoms with Gasteiger partial charge in [0.1, 0.15) is 0 Å². The molecule has 0 aliphatic heterocycles. The largest absolute Gasteiger partial charge is 0.320 e. The van der Waals surface area contributed by atoms with Gasteiger partial charge in [0.15, 0.2) is 0 Å². The van der Waals surface area contributed by atoms with Crippen molar-refractivity contribution < 1.29 is 0 Å². The Hall–Kier alpha value is 0.177. The zero-order valence-corrected chi connectivity index (χ0v) is 7.94. The molecule has 0 aromatic heterocycles. The summed E-state index contributed by atoms with van der Waals surface area (Å²) in [7, 11) is 1.79. The fourth-order valence-corrected chi connectivity index (χ4v) is 0. The highest BCUT2D eigenvalue weighted by atomic mass is 28.3. The van der Waals surface area contributed by atoms with E-state index in [2.05, 4.69) is 31.9 Å². The van der Waals surface area contributed by atoms with Crippen LogP contribution in [0.2, 0.25) is 19.6 Å². The van der Waals surface area contributed by atoms with Gasteiger partial charge in [-0.25, -0.2) is 0 Å². The standard InChI is InChI=1S/C3H9N.C3H10Si/c1-3-4-2;1-4(2)3/h4H,3H2,1-2H3;4H,1-3H3. The summed E-state index contributed by atoms with van der Waals surface area (Å²) in [5, 5.41) is 2.93. The molecule has 1 N–H and O–H groups in total. The molecule has 0 atom stereocenters. The minimum atomic E-state index is -0.139. The van der Waals surface area contributed by atoms with Crippen molar-refractivity contribution in [1.29, 1.82) is 0 Å². The van der Waals surface area contributed by atoms with Crippen LogP contribution in [0.1, 0.15) is 6.92 Å². The molecule has 0 radical (unpaired) electrons. The third kappa shape index (κ3) is 120. The van der Waals surface area contributed by atoms with E-state index in [9.17, 15) is 0 Å². The fourth-order valence-electron chi connectivity index (χ4n) is 0. The Morgan fingerprint density at radius 3 is 1.38 bits per heavy atom. The van der Waals surface area contributed by atoms with Crippen molar-refractivity contribution >= 4 is 8.80 Å². The molecule has 0 aliphatic carbocycles. The molecule has 0 unspecified atom stereocenters. The second-order valence-corrected chi connectivity index (χ2v) is 5.90. The predicted octanol–water partition coefficient (Wildman–Crippen LogP) is 1.33. The van der Waals surface area contributed by atoms with Crippen LogP contribution in [0.15, 0.2) is 0 Å². The molecule has 0 bridgehead atoms. The quantitative estimate of drug-likeness (QED) is 0.532. The van der Waals surface area contributed by atoms with Crippen molar-refractivity contribution in [3.05, 3.63) is 0 Å². The SMILES string of the molecule is CCNC.C[SiH](C)C. The molecule has 0 amide bonds. The van der Waals surface area contributed by atoms with Crippen LogP contribution in [0.25, 0.3) is 0 Å². The average Bonchev–Trinajstić information content (AvgIpc) is 1.65. The predicted molar refractivity (Wildman–Crippen MR) is 44.3 cm³/mol. The number of rotatable bonds is 1. The van der Waals surface area contributed by atoms with E-state index in [1.807, 2.05) is 7.05 Å². The van der Waals surface area contributed by atoms with Crippen LogP contribution in [-0.2, 0) is 0 Å². The van der Waals surface area contributed by atoms with E-state index in [4.69, 9.17) is 0 Å². The summed E-state index contributed by atoms with van der Waals surface area (Å²) < 4.78 is 0. The molecular weight excluding hydrogens is 114 g/mol. The van der Waals surface area contributed by atoms with E-state index in [1.165, 1.54) is 0 Å². The molecule has 0 aliphatic rings. The molecule has 0 saturated heterocycles. The molecule has 1 nitrogen and oxygen atoms in total. The smallest absolute Gasteiger partial charge is 0.0274 e. The topological polar surface area (TPSA) is 12.0 Å². The Balaban J connectivity index is 0. The Labute approximate surface area is 55.1 Å². The van der Waals surface area contributed by atoms with Crippen molar-refractivity contribution in [2.24, 2.45) is 0 Å². The zero-order chi connectivity index (χ0) is 6.99. The van der Waals surface area contributed by atoms with Crippen molar-refractivity contribution in [3.63, 3.8) is 0 Å². The van der Waals surface area contributed by atoms with Crippen molar-refractivity contribution in [1.82, 2.24) is 5.32 Å². The van der Waals surface area contributed by atoms with Gasteiger partial charge in [0.2, 0.25) is 0 Å². The molecule has 0 heterocycles. The normalized spacial score (nSPS) is 8.25. The number of nitrogens with one attached hydrogen (secondary N) is 1. The Kier molecular flexibility index (Phi) is 14.1. The molecule has 52 valence electrons. The van der Waals surface area contributed by atoms with Crippen LogP contribution in [0.5, 0.6) is 0 Å². The van der Waals surface area contributed by atoms with Gasteiger partial charge in [-0.3, -0.25) is 0 Å². The van der Waals surface area contributed by atoms with Gasteiger partial charge in [-0.05, 0) is 13.6 Å². The third-order valence-corrected chi connectivity index (χ3v) is 0.354. The molecule has 2 heteroatoms. The first-order valence-electron chi connectivity index (χ1n) is 3.29. The maximum absolute atomic E-state index is 2.93. The molecule has 8 heavy (non-hydrogen) atoms. The first-order chi connectivity index (χ1) is 3.65. The van der Waals surface area contributed by atoms with Gasteiger partial charge >= 0.3 is 0 Å². The van der Waals surface area contributed by atoms with Crippen molar-refractivity contribution in [2.75, 3.05) is 13.6 Å². The molecule has 0 spiro atoms. The molecular formula is C6H19NSi. The third-order valence-electron chi connectivity index (χ3n) is 0.354. The van der Waals surface area contributed by atoms with Gasteiger partial charge in [0, 0.05) is 8.80 Å². The van der Waals surface area contributed by atoms with E-state index < -0.39 is 0 Å². The molecule has 0 fully saturated rings. The Morgan fingerprint density at radius 2 is 1.38 bits per heavy atom. The second kappa shape index (κ2) is 10.2. The van der Waals surface area contributed by atoms with E-state index >= 15 is 0 Å².